The van der Waals surface area contributed by atoms with Crippen LogP contribution in [0.2, 0.25) is 0 Å². The van der Waals surface area contributed by atoms with Crippen LogP contribution >= 0.6 is 10.6 Å². The molecular formula is C9H13BFNO4S. The Kier molecular flexibility index (Phi) is 3.33. The Labute approximate surface area is 99.8 Å². The van der Waals surface area contributed by atoms with E-state index in [0.717, 1.165) is 12.1 Å². The molecular weight excluding hydrogens is 248 g/mol. The smallest absolute Gasteiger partial charge is 0.423 e. The number of hydrogen-bond acceptors (Lipinski definition) is 5. The van der Waals surface area contributed by atoms with E-state index >= 15 is 0 Å². The standard InChI is InChI=1S/C9H13BFNO4S/c11-6-1-2-8(10(13)14)9(3-6)12-7-4-17(15,16)5-7/h1-3,7,12-16H,4-5H2. The quantitative estimate of drug-likeness (QED) is 0.496. The third-order valence-electron chi connectivity index (χ3n) is 2.59. The topological polar surface area (TPSA) is 93.0 Å². The summed E-state index contributed by atoms with van der Waals surface area (Å²) >= 11 is 0. The molecule has 1 aliphatic rings. The van der Waals surface area contributed by atoms with Crippen molar-refractivity contribution in [1.82, 2.24) is 0 Å². The number of rotatable bonds is 3. The Bertz CT molecular complexity index is 423. The Morgan fingerprint density at radius 1 is 1.29 bits per heavy atom. The van der Waals surface area contributed by atoms with Gasteiger partial charge in [0.15, 0.2) is 0 Å². The molecule has 94 valence electrons. The first kappa shape index (κ1) is 12.7. The highest BCUT2D eigenvalue weighted by molar-refractivity contribution is 8.25. The second-order valence-electron chi connectivity index (χ2n) is 4.08. The van der Waals surface area contributed by atoms with Crippen LogP contribution in [0.15, 0.2) is 18.2 Å². The van der Waals surface area contributed by atoms with Crippen molar-refractivity contribution in [2.75, 3.05) is 16.8 Å². The van der Waals surface area contributed by atoms with E-state index in [9.17, 15) is 13.5 Å². The molecule has 5 N–H and O–H groups in total. The van der Waals surface area contributed by atoms with Crippen molar-refractivity contribution in [3.8, 4) is 0 Å². The van der Waals surface area contributed by atoms with Gasteiger partial charge in [-0.15, -0.1) is 0 Å². The van der Waals surface area contributed by atoms with Gasteiger partial charge in [-0.3, -0.25) is 9.11 Å². The molecule has 0 bridgehead atoms. The van der Waals surface area contributed by atoms with Crippen molar-refractivity contribution in [2.24, 2.45) is 0 Å². The Balaban J connectivity index is 2.12. The number of benzene rings is 1. The molecule has 1 aromatic carbocycles. The zero-order chi connectivity index (χ0) is 12.6. The van der Waals surface area contributed by atoms with Crippen LogP contribution in [0.25, 0.3) is 0 Å². The first-order valence-corrected chi connectivity index (χ1v) is 6.91. The second kappa shape index (κ2) is 4.47. The molecule has 8 heteroatoms. The average Bonchev–Trinajstić information content (AvgIpc) is 2.14. The van der Waals surface area contributed by atoms with Gasteiger partial charge in [-0.1, -0.05) is 6.07 Å². The van der Waals surface area contributed by atoms with Crippen LogP contribution in [-0.4, -0.2) is 43.8 Å². The van der Waals surface area contributed by atoms with Gasteiger partial charge < -0.3 is 15.4 Å². The lowest BCUT2D eigenvalue weighted by atomic mass is 9.79. The van der Waals surface area contributed by atoms with Gasteiger partial charge in [-0.05, 0) is 12.1 Å². The van der Waals surface area contributed by atoms with Crippen LogP contribution in [0.1, 0.15) is 0 Å². The second-order valence-corrected chi connectivity index (χ2v) is 6.35. The van der Waals surface area contributed by atoms with Gasteiger partial charge >= 0.3 is 7.12 Å². The minimum atomic E-state index is -2.48. The number of anilines is 1. The summed E-state index contributed by atoms with van der Waals surface area (Å²) in [5.41, 5.74) is 0.426. The van der Waals surface area contributed by atoms with Gasteiger partial charge in [0.25, 0.3) is 0 Å². The Morgan fingerprint density at radius 3 is 2.47 bits per heavy atom. The molecule has 2 rings (SSSR count). The van der Waals surface area contributed by atoms with E-state index in [4.69, 9.17) is 10.0 Å². The van der Waals surface area contributed by atoms with Crippen LogP contribution in [-0.2, 0) is 0 Å². The summed E-state index contributed by atoms with van der Waals surface area (Å²) in [4.78, 5) is 0. The molecule has 1 heterocycles. The summed E-state index contributed by atoms with van der Waals surface area (Å²) in [5.74, 6) is -0.0996. The first-order chi connectivity index (χ1) is 7.87. The fourth-order valence-electron chi connectivity index (χ4n) is 1.78. The van der Waals surface area contributed by atoms with Crippen molar-refractivity contribution >= 4 is 28.9 Å². The molecule has 0 spiro atoms. The van der Waals surface area contributed by atoms with E-state index in [1.165, 1.54) is 6.07 Å². The van der Waals surface area contributed by atoms with E-state index in [-0.39, 0.29) is 28.7 Å². The average molecular weight is 261 g/mol. The lowest BCUT2D eigenvalue weighted by Crippen LogP contribution is -2.45. The summed E-state index contributed by atoms with van der Waals surface area (Å²) in [6.45, 7) is 0. The molecule has 5 nitrogen and oxygen atoms in total. The zero-order valence-corrected chi connectivity index (χ0v) is 9.69. The molecule has 0 amide bonds. The molecule has 0 saturated carbocycles. The molecule has 0 aromatic heterocycles. The first-order valence-electron chi connectivity index (χ1n) is 5.03. The van der Waals surface area contributed by atoms with E-state index < -0.39 is 23.5 Å². The van der Waals surface area contributed by atoms with Crippen molar-refractivity contribution in [2.45, 2.75) is 6.04 Å². The molecule has 0 radical (unpaired) electrons. The van der Waals surface area contributed by atoms with Gasteiger partial charge in [0, 0.05) is 11.2 Å². The predicted molar refractivity (Wildman–Crippen MR) is 66.2 cm³/mol. The minimum Gasteiger partial charge on any atom is -0.423 e. The monoisotopic (exact) mass is 261 g/mol. The highest BCUT2D eigenvalue weighted by atomic mass is 32.3. The molecule has 1 fully saturated rings. The molecule has 1 aliphatic heterocycles. The fourth-order valence-corrected chi connectivity index (χ4v) is 3.14. The van der Waals surface area contributed by atoms with Crippen molar-refractivity contribution in [1.29, 1.82) is 0 Å². The third-order valence-corrected chi connectivity index (χ3v) is 4.46. The number of halogens is 1. The molecule has 0 unspecified atom stereocenters. The summed E-state index contributed by atoms with van der Waals surface area (Å²) in [7, 11) is -4.17. The molecule has 0 aliphatic carbocycles. The van der Waals surface area contributed by atoms with Crippen LogP contribution in [0.4, 0.5) is 10.1 Å². The highest BCUT2D eigenvalue weighted by Gasteiger charge is 2.34. The van der Waals surface area contributed by atoms with Crippen molar-refractivity contribution < 1.29 is 23.5 Å². The number of nitrogens with one attached hydrogen (secondary N) is 1. The number of hydrogen-bond donors (Lipinski definition) is 5. The largest absolute Gasteiger partial charge is 0.490 e. The lowest BCUT2D eigenvalue weighted by molar-refractivity contribution is 0.426. The van der Waals surface area contributed by atoms with Crippen LogP contribution in [0.5, 0.6) is 0 Å². The van der Waals surface area contributed by atoms with Gasteiger partial charge in [0.2, 0.25) is 0 Å². The summed E-state index contributed by atoms with van der Waals surface area (Å²) in [5, 5.41) is 21.1. The van der Waals surface area contributed by atoms with Crippen molar-refractivity contribution in [3.05, 3.63) is 24.0 Å². The van der Waals surface area contributed by atoms with Crippen LogP contribution < -0.4 is 10.8 Å². The summed E-state index contributed by atoms with van der Waals surface area (Å²) in [6.07, 6.45) is 0. The lowest BCUT2D eigenvalue weighted by Gasteiger charge is -2.47. The third kappa shape index (κ3) is 2.91. The van der Waals surface area contributed by atoms with Gasteiger partial charge in [0.1, 0.15) is 5.82 Å². The summed E-state index contributed by atoms with van der Waals surface area (Å²) < 4.78 is 31.5. The van der Waals surface area contributed by atoms with E-state index in [1.54, 1.807) is 0 Å². The maximum absolute atomic E-state index is 13.0. The van der Waals surface area contributed by atoms with Crippen LogP contribution in [0.3, 0.4) is 0 Å². The van der Waals surface area contributed by atoms with Gasteiger partial charge in [-0.25, -0.2) is 4.39 Å². The van der Waals surface area contributed by atoms with Gasteiger partial charge in [-0.2, -0.15) is 10.6 Å². The maximum Gasteiger partial charge on any atom is 0.490 e. The van der Waals surface area contributed by atoms with E-state index in [2.05, 4.69) is 5.32 Å². The fraction of sp³-hybridized carbons (Fsp3) is 0.333. The maximum atomic E-state index is 13.0. The molecule has 17 heavy (non-hydrogen) atoms. The zero-order valence-electron chi connectivity index (χ0n) is 8.88. The molecule has 0 atom stereocenters. The Morgan fingerprint density at radius 2 is 1.94 bits per heavy atom. The van der Waals surface area contributed by atoms with E-state index in [1.807, 2.05) is 0 Å². The van der Waals surface area contributed by atoms with Crippen LogP contribution in [0, 0.1) is 5.82 Å². The van der Waals surface area contributed by atoms with Crippen molar-refractivity contribution in [3.63, 3.8) is 0 Å². The molecule has 1 aromatic rings. The SMILES string of the molecule is OB(O)c1ccc(F)cc1NC1CS(O)(O)C1. The van der Waals surface area contributed by atoms with Gasteiger partial charge in [0.05, 0.1) is 17.5 Å². The van der Waals surface area contributed by atoms with E-state index in [0.29, 0.717) is 0 Å². The predicted octanol–water partition coefficient (Wildman–Crippen LogP) is 0.0502. The minimum absolute atomic E-state index is 0.162. The normalized spacial score (nSPS) is 20.5. The highest BCUT2D eigenvalue weighted by Crippen LogP contribution is 2.49. The summed E-state index contributed by atoms with van der Waals surface area (Å²) in [6, 6.07) is 3.38. The Hall–Kier alpha value is -0.795. The molecule has 1 saturated heterocycles.